The molecular formula is C25H27N3O3S. The van der Waals surface area contributed by atoms with Crippen molar-refractivity contribution in [3.8, 4) is 16.2 Å². The molecule has 0 spiro atoms. The first-order valence-corrected chi connectivity index (χ1v) is 11.3. The quantitative estimate of drug-likeness (QED) is 0.459. The van der Waals surface area contributed by atoms with Gasteiger partial charge in [-0.15, -0.1) is 5.53 Å². The summed E-state index contributed by atoms with van der Waals surface area (Å²) < 4.78 is 10.8. The molecule has 1 aliphatic heterocycles. The first kappa shape index (κ1) is 21.9. The molecule has 166 valence electrons. The van der Waals surface area contributed by atoms with Gasteiger partial charge < -0.3 is 14.9 Å². The Balaban J connectivity index is 1.41. The third-order valence-corrected chi connectivity index (χ3v) is 6.36. The Kier molecular flexibility index (Phi) is 6.78. The number of hydrazine groups is 2. The van der Waals surface area contributed by atoms with E-state index in [0.29, 0.717) is 19.4 Å². The molecule has 0 radical (unpaired) electrons. The number of hydrogen-bond donors (Lipinski definition) is 2. The second-order valence-electron chi connectivity index (χ2n) is 7.65. The number of carbonyl (C=O) groups excluding carboxylic acids is 1. The van der Waals surface area contributed by atoms with Crippen molar-refractivity contribution in [3.63, 3.8) is 0 Å². The number of allylic oxidation sites excluding steroid dienone is 1. The maximum atomic E-state index is 11.5. The average molecular weight is 450 g/mol. The number of esters is 1. The van der Waals surface area contributed by atoms with E-state index in [1.165, 1.54) is 29.4 Å². The number of methoxy groups -OCH3 is 1. The highest BCUT2D eigenvalue weighted by molar-refractivity contribution is 7.17. The predicted molar refractivity (Wildman–Crippen MR) is 128 cm³/mol. The summed E-state index contributed by atoms with van der Waals surface area (Å²) in [6.45, 7) is 4.79. The van der Waals surface area contributed by atoms with Crippen LogP contribution >= 0.6 is 11.3 Å². The maximum absolute atomic E-state index is 11.5. The molecule has 1 aliphatic rings. The van der Waals surface area contributed by atoms with E-state index in [9.17, 15) is 4.79 Å². The summed E-state index contributed by atoms with van der Waals surface area (Å²) in [6.07, 6.45) is 2.75. The molecule has 2 heterocycles. The van der Waals surface area contributed by atoms with Crippen molar-refractivity contribution in [2.45, 2.75) is 33.3 Å². The molecule has 7 heteroatoms. The molecule has 4 rings (SSSR count). The topological polar surface area (TPSA) is 62.8 Å². The zero-order valence-corrected chi connectivity index (χ0v) is 19.3. The van der Waals surface area contributed by atoms with Crippen LogP contribution in [0.4, 0.5) is 5.00 Å². The number of benzene rings is 2. The van der Waals surface area contributed by atoms with Crippen LogP contribution in [0.5, 0.6) is 5.06 Å². The molecule has 0 atom stereocenters. The first-order valence-electron chi connectivity index (χ1n) is 10.5. The molecule has 0 unspecified atom stereocenters. The lowest BCUT2D eigenvalue weighted by atomic mass is 9.95. The van der Waals surface area contributed by atoms with Crippen LogP contribution in [0.2, 0.25) is 0 Å². The SMILES string of the molecule is COC(=O)CCC1=CNNN1c1ccc(OCc2cccc(-c3c(C)cccc3C)c2)s1. The van der Waals surface area contributed by atoms with Gasteiger partial charge in [0.2, 0.25) is 0 Å². The normalized spacial score (nSPS) is 13.0. The van der Waals surface area contributed by atoms with Gasteiger partial charge in [0.05, 0.1) is 19.2 Å². The van der Waals surface area contributed by atoms with Gasteiger partial charge in [0.15, 0.2) is 5.06 Å². The van der Waals surface area contributed by atoms with Crippen LogP contribution in [0.1, 0.15) is 29.5 Å². The zero-order valence-electron chi connectivity index (χ0n) is 18.5. The Morgan fingerprint density at radius 3 is 2.62 bits per heavy atom. The molecule has 2 N–H and O–H groups in total. The summed E-state index contributed by atoms with van der Waals surface area (Å²) in [5, 5.41) is 3.73. The Hall–Kier alpha value is -3.29. The monoisotopic (exact) mass is 449 g/mol. The van der Waals surface area contributed by atoms with E-state index in [-0.39, 0.29) is 5.97 Å². The first-order chi connectivity index (χ1) is 15.5. The Labute approximate surface area is 192 Å². The molecule has 0 fully saturated rings. The number of anilines is 1. The van der Waals surface area contributed by atoms with Gasteiger partial charge in [-0.05, 0) is 59.9 Å². The van der Waals surface area contributed by atoms with Crippen molar-refractivity contribution in [2.75, 3.05) is 12.1 Å². The van der Waals surface area contributed by atoms with E-state index < -0.39 is 0 Å². The van der Waals surface area contributed by atoms with Crippen molar-refractivity contribution in [1.82, 2.24) is 11.0 Å². The molecule has 0 bridgehead atoms. The molecular weight excluding hydrogens is 422 g/mol. The smallest absolute Gasteiger partial charge is 0.305 e. The van der Waals surface area contributed by atoms with Crippen molar-refractivity contribution >= 4 is 22.3 Å². The van der Waals surface area contributed by atoms with Crippen molar-refractivity contribution in [1.29, 1.82) is 0 Å². The van der Waals surface area contributed by atoms with E-state index >= 15 is 0 Å². The maximum Gasteiger partial charge on any atom is 0.305 e. The number of rotatable bonds is 8. The van der Waals surface area contributed by atoms with Gasteiger partial charge in [-0.25, -0.2) is 0 Å². The van der Waals surface area contributed by atoms with E-state index in [0.717, 1.165) is 21.3 Å². The summed E-state index contributed by atoms with van der Waals surface area (Å²) in [5.41, 5.74) is 13.2. The van der Waals surface area contributed by atoms with Crippen LogP contribution in [0.15, 0.2) is 66.5 Å². The van der Waals surface area contributed by atoms with Crippen LogP contribution in [-0.2, 0) is 16.1 Å². The Morgan fingerprint density at radius 2 is 1.84 bits per heavy atom. The molecule has 0 saturated carbocycles. The van der Waals surface area contributed by atoms with Crippen molar-refractivity contribution < 1.29 is 14.3 Å². The van der Waals surface area contributed by atoms with E-state index in [2.05, 4.69) is 67.3 Å². The van der Waals surface area contributed by atoms with Gasteiger partial charge in [0, 0.05) is 12.6 Å². The Bertz CT molecular complexity index is 1120. The van der Waals surface area contributed by atoms with E-state index in [1.807, 2.05) is 23.3 Å². The highest BCUT2D eigenvalue weighted by atomic mass is 32.1. The summed E-state index contributed by atoms with van der Waals surface area (Å²) in [7, 11) is 1.40. The fourth-order valence-electron chi connectivity index (χ4n) is 3.78. The number of aryl methyl sites for hydroxylation is 2. The Morgan fingerprint density at radius 1 is 1.06 bits per heavy atom. The lowest BCUT2D eigenvalue weighted by Crippen LogP contribution is -2.37. The summed E-state index contributed by atoms with van der Waals surface area (Å²) in [4.78, 5) is 11.5. The fourth-order valence-corrected chi connectivity index (χ4v) is 4.63. The number of nitrogens with one attached hydrogen (secondary N) is 2. The average Bonchev–Trinajstić information content (AvgIpc) is 3.45. The van der Waals surface area contributed by atoms with Crippen LogP contribution in [-0.4, -0.2) is 13.1 Å². The van der Waals surface area contributed by atoms with Crippen LogP contribution in [0, 0.1) is 13.8 Å². The molecule has 0 amide bonds. The largest absolute Gasteiger partial charge is 0.479 e. The summed E-state index contributed by atoms with van der Waals surface area (Å²) in [6, 6.07) is 18.9. The van der Waals surface area contributed by atoms with Gasteiger partial charge in [0.25, 0.3) is 0 Å². The molecule has 6 nitrogen and oxygen atoms in total. The lowest BCUT2D eigenvalue weighted by molar-refractivity contribution is -0.140. The molecule has 3 aromatic rings. The van der Waals surface area contributed by atoms with Crippen LogP contribution in [0.3, 0.4) is 0 Å². The number of nitrogens with zero attached hydrogens (tertiary/aromatic N) is 1. The van der Waals surface area contributed by atoms with Gasteiger partial charge in [-0.3, -0.25) is 9.80 Å². The minimum Gasteiger partial charge on any atom is -0.479 e. The number of thiophene rings is 1. The highest BCUT2D eigenvalue weighted by Gasteiger charge is 2.20. The number of ether oxygens (including phenoxy) is 2. The molecule has 1 aromatic heterocycles. The lowest BCUT2D eigenvalue weighted by Gasteiger charge is -2.18. The third kappa shape index (κ3) is 4.95. The fraction of sp³-hybridized carbons (Fsp3) is 0.240. The van der Waals surface area contributed by atoms with Gasteiger partial charge in [0.1, 0.15) is 11.6 Å². The predicted octanol–water partition coefficient (Wildman–Crippen LogP) is 5.23. The summed E-state index contributed by atoms with van der Waals surface area (Å²) >= 11 is 1.54. The van der Waals surface area contributed by atoms with Crippen molar-refractivity contribution in [2.24, 2.45) is 0 Å². The standard InChI is InChI=1S/C25H27N3O3S/c1-17-6-4-7-18(2)25(17)20-9-5-8-19(14-20)16-31-24-13-11-22(32-24)28-21(15-26-27-28)10-12-23(29)30-3/h4-9,11,13-15,26-27H,10,12,16H2,1-3H3. The van der Waals surface area contributed by atoms with E-state index in [4.69, 9.17) is 9.47 Å². The number of hydrogen-bond acceptors (Lipinski definition) is 7. The second-order valence-corrected chi connectivity index (χ2v) is 8.68. The van der Waals surface area contributed by atoms with Crippen LogP contribution < -0.4 is 20.7 Å². The molecule has 0 saturated heterocycles. The van der Waals surface area contributed by atoms with E-state index in [1.54, 1.807) is 11.3 Å². The molecule has 0 aliphatic carbocycles. The van der Waals surface area contributed by atoms with Crippen LogP contribution in [0.25, 0.3) is 11.1 Å². The molecule has 32 heavy (non-hydrogen) atoms. The van der Waals surface area contributed by atoms with Gasteiger partial charge >= 0.3 is 5.97 Å². The van der Waals surface area contributed by atoms with Crippen molar-refractivity contribution in [3.05, 3.63) is 83.2 Å². The minimum absolute atomic E-state index is 0.226. The van der Waals surface area contributed by atoms with Gasteiger partial charge in [-0.2, -0.15) is 0 Å². The third-order valence-electron chi connectivity index (χ3n) is 5.38. The van der Waals surface area contributed by atoms with Gasteiger partial charge in [-0.1, -0.05) is 47.7 Å². The highest BCUT2D eigenvalue weighted by Crippen LogP contribution is 2.35. The second kappa shape index (κ2) is 9.89. The zero-order chi connectivity index (χ0) is 22.5. The summed E-state index contributed by atoms with van der Waals surface area (Å²) in [5.74, 6) is -0.226. The minimum atomic E-state index is -0.226. The number of carbonyl (C=O) groups is 1. The molecule has 2 aromatic carbocycles.